The van der Waals surface area contributed by atoms with Crippen LogP contribution in [0, 0.1) is 11.6 Å². The minimum absolute atomic E-state index is 0.0317. The van der Waals surface area contributed by atoms with Crippen LogP contribution in [0.4, 0.5) is 26.7 Å². The highest BCUT2D eigenvalue weighted by molar-refractivity contribution is 6.42. The number of nitrogens with one attached hydrogen (secondary N) is 3. The topological polar surface area (TPSA) is 218 Å². The highest BCUT2D eigenvalue weighted by Gasteiger charge is 2.43. The zero-order valence-electron chi connectivity index (χ0n) is 38.4. The summed E-state index contributed by atoms with van der Waals surface area (Å²) in [6, 6.07) is 8.55. The Bertz CT molecular complexity index is 2700. The molecule has 0 radical (unpaired) electrons. The highest BCUT2D eigenvalue weighted by atomic mass is 35.5. The molecule has 3 aliphatic rings. The molecule has 72 heavy (non-hydrogen) atoms. The number of pyridine rings is 1. The number of ether oxygens (including phenoxy) is 4. The molecule has 0 bridgehead atoms. The lowest BCUT2D eigenvalue weighted by Gasteiger charge is -2.38. The van der Waals surface area contributed by atoms with Gasteiger partial charge in [0.15, 0.2) is 30.0 Å². The molecular weight excluding hydrogens is 1050 g/mol. The third kappa shape index (κ3) is 15.2. The third-order valence-electron chi connectivity index (χ3n) is 11.2. The van der Waals surface area contributed by atoms with Crippen LogP contribution in [0.5, 0.6) is 11.5 Å². The number of hydrogen-bond donors (Lipinski definition) is 3. The van der Waals surface area contributed by atoms with Gasteiger partial charge in [0.05, 0.1) is 33.4 Å². The molecule has 3 aromatic heterocycles. The van der Waals surface area contributed by atoms with Crippen molar-refractivity contribution >= 4 is 64.3 Å². The second-order valence-corrected chi connectivity index (χ2v) is 19.4. The van der Waals surface area contributed by atoms with Gasteiger partial charge in [-0.2, -0.15) is 4.98 Å². The lowest BCUT2D eigenvalue weighted by atomic mass is 9.82. The van der Waals surface area contributed by atoms with Crippen LogP contribution >= 0.6 is 46.4 Å². The Labute approximate surface area is 427 Å². The maximum atomic E-state index is 13.6. The van der Waals surface area contributed by atoms with Gasteiger partial charge in [-0.25, -0.2) is 18.6 Å². The summed E-state index contributed by atoms with van der Waals surface area (Å²) >= 11 is 23.3. The zero-order valence-corrected chi connectivity index (χ0v) is 41.4. The number of piperidine rings is 2. The van der Waals surface area contributed by atoms with Gasteiger partial charge < -0.3 is 39.1 Å². The van der Waals surface area contributed by atoms with E-state index < -0.39 is 53.8 Å². The summed E-state index contributed by atoms with van der Waals surface area (Å²) in [5.41, 5.74) is -0.183. The number of rotatable bonds is 13. The normalized spacial score (nSPS) is 21.1. The number of benzene rings is 2. The van der Waals surface area contributed by atoms with Crippen molar-refractivity contribution in [2.75, 3.05) is 26.3 Å². The van der Waals surface area contributed by atoms with Crippen LogP contribution in [0.3, 0.4) is 0 Å². The summed E-state index contributed by atoms with van der Waals surface area (Å²) < 4.78 is 95.0. The summed E-state index contributed by atoms with van der Waals surface area (Å²) in [6.45, 7) is 5.19. The average Bonchev–Trinajstić information content (AvgIpc) is 4.00. The van der Waals surface area contributed by atoms with Crippen molar-refractivity contribution in [2.24, 2.45) is 0 Å². The molecule has 2 aliphatic heterocycles. The number of hydrogen-bond acceptors (Lipinski definition) is 15. The number of likely N-dealkylation sites (tertiary alicyclic amines) is 1. The van der Waals surface area contributed by atoms with E-state index >= 15 is 0 Å². The molecule has 388 valence electrons. The molecule has 18 nitrogen and oxygen atoms in total. The minimum Gasteiger partial charge on any atom is -0.484 e. The first-order chi connectivity index (χ1) is 34.0. The van der Waals surface area contributed by atoms with E-state index in [2.05, 4.69) is 46.0 Å². The lowest BCUT2D eigenvalue weighted by molar-refractivity contribution is -0.352. The van der Waals surface area contributed by atoms with Gasteiger partial charge in [0, 0.05) is 48.8 Å². The van der Waals surface area contributed by atoms with Crippen molar-refractivity contribution in [1.82, 2.24) is 46.2 Å². The van der Waals surface area contributed by atoms with Crippen LogP contribution < -0.4 is 25.4 Å². The Kier molecular flexibility index (Phi) is 17.7. The predicted octanol–water partition coefficient (Wildman–Crippen LogP) is 9.50. The highest BCUT2D eigenvalue weighted by Crippen LogP contribution is 2.41. The molecule has 1 saturated carbocycles. The minimum atomic E-state index is -4.65. The fourth-order valence-corrected chi connectivity index (χ4v) is 8.19. The van der Waals surface area contributed by atoms with E-state index in [9.17, 15) is 36.3 Å². The van der Waals surface area contributed by atoms with E-state index in [1.54, 1.807) is 39.0 Å². The molecule has 0 spiro atoms. The van der Waals surface area contributed by atoms with Crippen LogP contribution in [0.25, 0.3) is 11.5 Å². The first-order valence-electron chi connectivity index (χ1n) is 22.3. The molecule has 5 heterocycles. The van der Waals surface area contributed by atoms with Gasteiger partial charge in [0.25, 0.3) is 11.8 Å². The van der Waals surface area contributed by atoms with E-state index in [0.29, 0.717) is 59.6 Å². The van der Waals surface area contributed by atoms with Gasteiger partial charge in [-0.15, -0.1) is 23.4 Å². The molecule has 1 aliphatic carbocycles. The van der Waals surface area contributed by atoms with Crippen molar-refractivity contribution in [1.29, 1.82) is 0 Å². The fraction of sp³-hybridized carbons (Fsp3) is 0.467. The summed E-state index contributed by atoms with van der Waals surface area (Å²) in [7, 11) is 0. The summed E-state index contributed by atoms with van der Waals surface area (Å²) in [4.78, 5) is 47.2. The smallest absolute Gasteiger partial charge is 0.484 e. The first kappa shape index (κ1) is 54.2. The van der Waals surface area contributed by atoms with Gasteiger partial charge in [0.2, 0.25) is 17.7 Å². The third-order valence-corrected chi connectivity index (χ3v) is 12.5. The Morgan fingerprint density at radius 3 is 2.15 bits per heavy atom. The molecule has 0 unspecified atom stereocenters. The molecule has 8 rings (SSSR count). The molecular formula is C45H46Cl4F5N9O9. The van der Waals surface area contributed by atoms with Gasteiger partial charge >= 0.3 is 12.5 Å². The molecule has 3 amide bonds. The van der Waals surface area contributed by atoms with Crippen molar-refractivity contribution in [2.45, 2.75) is 107 Å². The monoisotopic (exact) mass is 1090 g/mol. The molecule has 3 fully saturated rings. The van der Waals surface area contributed by atoms with E-state index in [-0.39, 0.29) is 90.0 Å². The predicted molar refractivity (Wildman–Crippen MR) is 247 cm³/mol. The lowest BCUT2D eigenvalue weighted by Crippen LogP contribution is -2.52. The van der Waals surface area contributed by atoms with Crippen molar-refractivity contribution < 1.29 is 64.2 Å². The van der Waals surface area contributed by atoms with Crippen LogP contribution in [0.15, 0.2) is 57.6 Å². The number of carbonyl (C=O) groups is 3. The van der Waals surface area contributed by atoms with Crippen LogP contribution in [0.1, 0.15) is 94.9 Å². The number of amides is 3. The maximum Gasteiger partial charge on any atom is 0.522 e. The SMILES string of the molecule is CC(C)(C)OC(=O)N1C[C@@H](NC(=O)COc2cnc(Cl)c(F)c2)CC[C@@H]1c1nnc(-c2ccc(Cl)c(Cl)c2)o1.O=C(COc1ccc(Cl)c(F)c1)N[C@H]1CC[C@H](c2noc(C3CC(OC(F)(F)F)C3)n2)NC1. The van der Waals surface area contributed by atoms with Crippen LogP contribution in [0.2, 0.25) is 20.2 Å². The Morgan fingerprint density at radius 2 is 1.50 bits per heavy atom. The van der Waals surface area contributed by atoms with Gasteiger partial charge in [0.1, 0.15) is 29.0 Å². The molecule has 2 aromatic carbocycles. The van der Waals surface area contributed by atoms with E-state index in [4.69, 9.17) is 69.6 Å². The van der Waals surface area contributed by atoms with E-state index in [1.807, 2.05) is 0 Å². The number of alkyl halides is 3. The Balaban J connectivity index is 0.000000214. The second kappa shape index (κ2) is 23.5. The van der Waals surface area contributed by atoms with Gasteiger partial charge in [-0.3, -0.25) is 19.2 Å². The van der Waals surface area contributed by atoms with Crippen LogP contribution in [-0.2, 0) is 19.1 Å². The van der Waals surface area contributed by atoms with E-state index in [1.165, 1.54) is 23.2 Å². The number of nitrogens with zero attached hydrogens (tertiary/aromatic N) is 6. The summed E-state index contributed by atoms with van der Waals surface area (Å²) in [6.07, 6.45) is -2.39. The number of carbonyl (C=O) groups excluding carboxylic acids is 3. The molecule has 2 saturated heterocycles. The number of aromatic nitrogens is 5. The fourth-order valence-electron chi connectivity index (χ4n) is 7.68. The Morgan fingerprint density at radius 1 is 0.819 bits per heavy atom. The maximum absolute atomic E-state index is 13.6. The molecule has 3 N–H and O–H groups in total. The van der Waals surface area contributed by atoms with Crippen LogP contribution in [-0.4, -0.2) is 105 Å². The van der Waals surface area contributed by atoms with E-state index in [0.717, 1.165) is 12.1 Å². The van der Waals surface area contributed by atoms with Gasteiger partial charge in [-0.05, 0) is 89.6 Å². The molecule has 27 heteroatoms. The van der Waals surface area contributed by atoms with Crippen molar-refractivity contribution in [3.63, 3.8) is 0 Å². The molecule has 5 aromatic rings. The number of halogens is 9. The van der Waals surface area contributed by atoms with Crippen molar-refractivity contribution in [3.8, 4) is 23.0 Å². The quantitative estimate of drug-likeness (QED) is 0.0739. The first-order valence-corrected chi connectivity index (χ1v) is 23.8. The standard InChI is InChI=1S/C25H25Cl3FN5O5.C20H21ClF4N4O4/c1-25(2,3)39-24(36)34-11-14(31-20(35)12-37-15-9-18(29)21(28)30-10-15)5-7-19(34)23-33-32-22(38-23)13-4-6-16(26)17(27)8-13;21-14-3-2-12(7-15(14)22)31-9-17(30)27-11-1-4-16(26-8-11)18-28-19(33-29-18)10-5-13(6-10)32-20(23,24)25/h4,6,8-10,14,19H,5,7,11-12H2,1-3H3,(H,31,35);2-3,7,10-11,13,16,26H,1,4-6,8-9H2,(H,27,30)/t14-,19+;10?,11-,13?,16+/m00/s1. The molecule has 4 atom stereocenters. The Hall–Kier alpha value is -5.59. The second-order valence-electron chi connectivity index (χ2n) is 17.8. The largest absolute Gasteiger partial charge is 0.522 e. The summed E-state index contributed by atoms with van der Waals surface area (Å²) in [5.74, 6) is -1.02. The average molecular weight is 1090 g/mol. The van der Waals surface area contributed by atoms with Crippen molar-refractivity contribution in [3.05, 3.63) is 98.1 Å². The van der Waals surface area contributed by atoms with Gasteiger partial charge in [-0.1, -0.05) is 51.6 Å². The zero-order chi connectivity index (χ0) is 51.9. The summed E-state index contributed by atoms with van der Waals surface area (Å²) in [5, 5.41) is 21.5.